The normalized spacial score (nSPS) is 16.0. The number of hydrogen-bond donors (Lipinski definition) is 2. The van der Waals surface area contributed by atoms with E-state index in [0.717, 1.165) is 18.5 Å². The second kappa shape index (κ2) is 7.77. The van der Waals surface area contributed by atoms with E-state index in [4.69, 9.17) is 0 Å². The fourth-order valence-corrected chi connectivity index (χ4v) is 2.37. The lowest BCUT2D eigenvalue weighted by Crippen LogP contribution is -2.32. The molecule has 0 fully saturated rings. The van der Waals surface area contributed by atoms with Crippen LogP contribution in [0.1, 0.15) is 33.6 Å². The first-order valence-corrected chi connectivity index (χ1v) is 8.06. The highest BCUT2D eigenvalue weighted by atomic mass is 16.1. The van der Waals surface area contributed by atoms with E-state index in [0.29, 0.717) is 17.3 Å². The van der Waals surface area contributed by atoms with Gasteiger partial charge in [0.1, 0.15) is 0 Å². The van der Waals surface area contributed by atoms with Crippen LogP contribution in [0.4, 0.5) is 5.69 Å². The number of ketones is 2. The Hall–Kier alpha value is -2.36. The smallest absolute Gasteiger partial charge is 0.204 e. The fraction of sp³-hybridized carbons (Fsp3) is 0.368. The molecule has 1 aliphatic carbocycles. The molecule has 2 rings (SSSR count). The Kier molecular flexibility index (Phi) is 5.74. The zero-order valence-electron chi connectivity index (χ0n) is 13.9. The first-order valence-electron chi connectivity index (χ1n) is 8.06. The topological polar surface area (TPSA) is 58.2 Å². The third-order valence-corrected chi connectivity index (χ3v) is 3.71. The number of carbonyl (C=O) groups is 2. The van der Waals surface area contributed by atoms with Crippen LogP contribution >= 0.6 is 0 Å². The number of carbonyl (C=O) groups excluding carboxylic acids is 2. The Morgan fingerprint density at radius 1 is 0.870 bits per heavy atom. The quantitative estimate of drug-likeness (QED) is 0.757. The highest BCUT2D eigenvalue weighted by Crippen LogP contribution is 2.16. The lowest BCUT2D eigenvalue weighted by atomic mass is 10.0. The lowest BCUT2D eigenvalue weighted by molar-refractivity contribution is -0.115. The summed E-state index contributed by atoms with van der Waals surface area (Å²) in [6.45, 7) is 6.37. The van der Waals surface area contributed by atoms with Crippen molar-refractivity contribution in [1.29, 1.82) is 0 Å². The van der Waals surface area contributed by atoms with Gasteiger partial charge in [-0.15, -0.1) is 0 Å². The van der Waals surface area contributed by atoms with Gasteiger partial charge < -0.3 is 10.6 Å². The molecule has 0 saturated heterocycles. The van der Waals surface area contributed by atoms with Gasteiger partial charge >= 0.3 is 0 Å². The zero-order valence-corrected chi connectivity index (χ0v) is 13.9. The van der Waals surface area contributed by atoms with Crippen LogP contribution in [0.3, 0.4) is 0 Å². The van der Waals surface area contributed by atoms with Crippen LogP contribution in [-0.4, -0.2) is 17.6 Å². The van der Waals surface area contributed by atoms with Crippen molar-refractivity contribution in [3.63, 3.8) is 0 Å². The monoisotopic (exact) mass is 312 g/mol. The molecular formula is C19H24N2O2. The first kappa shape index (κ1) is 17.0. The second-order valence-electron chi connectivity index (χ2n) is 6.35. The molecule has 0 heterocycles. The summed E-state index contributed by atoms with van der Waals surface area (Å²) >= 11 is 0. The number of allylic oxidation sites excluding steroid dienone is 2. The van der Waals surface area contributed by atoms with E-state index in [1.807, 2.05) is 37.3 Å². The summed E-state index contributed by atoms with van der Waals surface area (Å²) < 4.78 is 0. The van der Waals surface area contributed by atoms with Crippen molar-refractivity contribution < 1.29 is 9.59 Å². The number of nitrogens with one attached hydrogen (secondary N) is 2. The van der Waals surface area contributed by atoms with E-state index >= 15 is 0 Å². The fourth-order valence-electron chi connectivity index (χ4n) is 2.37. The van der Waals surface area contributed by atoms with E-state index < -0.39 is 0 Å². The molecule has 0 aliphatic heterocycles. The summed E-state index contributed by atoms with van der Waals surface area (Å²) in [5, 5.41) is 6.15. The first-order chi connectivity index (χ1) is 11.0. The summed E-state index contributed by atoms with van der Waals surface area (Å²) in [4.78, 5) is 24.4. The molecule has 0 saturated carbocycles. The van der Waals surface area contributed by atoms with Crippen LogP contribution in [-0.2, 0) is 9.59 Å². The molecular weight excluding hydrogens is 288 g/mol. The number of rotatable bonds is 7. The van der Waals surface area contributed by atoms with E-state index in [1.54, 1.807) is 0 Å². The summed E-state index contributed by atoms with van der Waals surface area (Å²) in [7, 11) is 0. The maximum Gasteiger partial charge on any atom is 0.204 e. The van der Waals surface area contributed by atoms with Crippen LogP contribution in [0, 0.1) is 5.92 Å². The van der Waals surface area contributed by atoms with Gasteiger partial charge in [-0.05, 0) is 37.8 Å². The van der Waals surface area contributed by atoms with Gasteiger partial charge in [0, 0.05) is 23.9 Å². The average Bonchev–Trinajstić information content (AvgIpc) is 2.51. The van der Waals surface area contributed by atoms with Crippen LogP contribution in [0.15, 0.2) is 53.9 Å². The minimum atomic E-state index is -0.188. The van der Waals surface area contributed by atoms with Crippen molar-refractivity contribution in [1.82, 2.24) is 5.32 Å². The highest BCUT2D eigenvalue weighted by Gasteiger charge is 2.21. The SMILES string of the molecule is CC(C)CCC(C)NC1=CC(=O)C(Nc2ccccc2)=CC1=O. The van der Waals surface area contributed by atoms with Crippen molar-refractivity contribution in [3.05, 3.63) is 53.9 Å². The van der Waals surface area contributed by atoms with Gasteiger partial charge in [-0.1, -0.05) is 32.0 Å². The van der Waals surface area contributed by atoms with Gasteiger partial charge in [0.2, 0.25) is 11.6 Å². The second-order valence-corrected chi connectivity index (χ2v) is 6.35. The molecule has 0 amide bonds. The van der Waals surface area contributed by atoms with Gasteiger partial charge in [-0.2, -0.15) is 0 Å². The Labute approximate surface area is 137 Å². The molecule has 4 heteroatoms. The molecule has 0 spiro atoms. The predicted octanol–water partition coefficient (Wildman–Crippen LogP) is 3.43. The van der Waals surface area contributed by atoms with Crippen molar-refractivity contribution in [3.8, 4) is 0 Å². The molecule has 1 aliphatic rings. The maximum absolute atomic E-state index is 12.2. The summed E-state index contributed by atoms with van der Waals surface area (Å²) in [6, 6.07) is 9.51. The van der Waals surface area contributed by atoms with Crippen molar-refractivity contribution in [2.75, 3.05) is 5.32 Å². The van der Waals surface area contributed by atoms with Gasteiger partial charge in [-0.25, -0.2) is 0 Å². The van der Waals surface area contributed by atoms with Gasteiger partial charge in [0.25, 0.3) is 0 Å². The van der Waals surface area contributed by atoms with Crippen molar-refractivity contribution >= 4 is 17.3 Å². The third-order valence-electron chi connectivity index (χ3n) is 3.71. The number of para-hydroxylation sites is 1. The molecule has 1 atom stereocenters. The predicted molar refractivity (Wildman–Crippen MR) is 92.9 cm³/mol. The maximum atomic E-state index is 12.2. The molecule has 1 unspecified atom stereocenters. The Bertz CT molecular complexity index is 630. The minimum Gasteiger partial charge on any atom is -0.379 e. The van der Waals surface area contributed by atoms with Crippen molar-refractivity contribution in [2.24, 2.45) is 5.92 Å². The Morgan fingerprint density at radius 2 is 1.48 bits per heavy atom. The molecule has 122 valence electrons. The van der Waals surface area contributed by atoms with Crippen LogP contribution in [0.25, 0.3) is 0 Å². The summed E-state index contributed by atoms with van der Waals surface area (Å²) in [5.74, 6) is 0.268. The molecule has 0 aromatic heterocycles. The molecule has 23 heavy (non-hydrogen) atoms. The Balaban J connectivity index is 1.98. The van der Waals surface area contributed by atoms with Gasteiger partial charge in [0.05, 0.1) is 11.4 Å². The molecule has 0 radical (unpaired) electrons. The highest BCUT2D eigenvalue weighted by molar-refractivity contribution is 6.20. The van der Waals surface area contributed by atoms with Crippen LogP contribution < -0.4 is 10.6 Å². The largest absolute Gasteiger partial charge is 0.379 e. The third kappa shape index (κ3) is 5.09. The molecule has 1 aromatic carbocycles. The van der Waals surface area contributed by atoms with Crippen LogP contribution in [0.2, 0.25) is 0 Å². The zero-order chi connectivity index (χ0) is 16.8. The summed E-state index contributed by atoms with van der Waals surface area (Å²) in [6.07, 6.45) is 4.81. The molecule has 1 aromatic rings. The Morgan fingerprint density at radius 3 is 2.13 bits per heavy atom. The number of anilines is 1. The minimum absolute atomic E-state index is 0.164. The van der Waals surface area contributed by atoms with Crippen molar-refractivity contribution in [2.45, 2.75) is 39.7 Å². The van der Waals surface area contributed by atoms with Gasteiger partial charge in [-0.3, -0.25) is 9.59 Å². The molecule has 2 N–H and O–H groups in total. The van der Waals surface area contributed by atoms with E-state index in [9.17, 15) is 9.59 Å². The molecule has 4 nitrogen and oxygen atoms in total. The summed E-state index contributed by atoms with van der Waals surface area (Å²) in [5.41, 5.74) is 1.47. The van der Waals surface area contributed by atoms with E-state index in [-0.39, 0.29) is 17.6 Å². The standard InChI is InChI=1S/C19H24N2O2/c1-13(2)9-10-14(3)20-16-11-19(23)17(12-18(16)22)21-15-7-5-4-6-8-15/h4-8,11-14,20-21H,9-10H2,1-3H3. The van der Waals surface area contributed by atoms with E-state index in [2.05, 4.69) is 24.5 Å². The van der Waals surface area contributed by atoms with Gasteiger partial charge in [0.15, 0.2) is 0 Å². The van der Waals surface area contributed by atoms with Crippen LogP contribution in [0.5, 0.6) is 0 Å². The number of benzene rings is 1. The molecule has 0 bridgehead atoms. The lowest BCUT2D eigenvalue weighted by Gasteiger charge is -2.20. The number of hydrogen-bond acceptors (Lipinski definition) is 4. The average molecular weight is 312 g/mol. The van der Waals surface area contributed by atoms with E-state index in [1.165, 1.54) is 12.2 Å².